The maximum atomic E-state index is 11.6. The summed E-state index contributed by atoms with van der Waals surface area (Å²) in [6.07, 6.45) is 1.52. The molecule has 0 unspecified atom stereocenters. The van der Waals surface area contributed by atoms with Crippen molar-refractivity contribution in [3.63, 3.8) is 0 Å². The van der Waals surface area contributed by atoms with Crippen LogP contribution in [0.5, 0.6) is 0 Å². The molecule has 0 radical (unpaired) electrons. The van der Waals surface area contributed by atoms with E-state index in [1.54, 1.807) is 13.8 Å². The van der Waals surface area contributed by atoms with Crippen LogP contribution in [0.3, 0.4) is 0 Å². The van der Waals surface area contributed by atoms with Gasteiger partial charge in [0.25, 0.3) is 0 Å². The zero-order valence-electron chi connectivity index (χ0n) is 12.4. The van der Waals surface area contributed by atoms with Crippen LogP contribution in [0.4, 0.5) is 0 Å². The molecule has 4 nitrogen and oxygen atoms in total. The van der Waals surface area contributed by atoms with Gasteiger partial charge in [0.15, 0.2) is 0 Å². The van der Waals surface area contributed by atoms with Crippen molar-refractivity contribution in [3.05, 3.63) is 35.4 Å². The second-order valence-corrected chi connectivity index (χ2v) is 5.64. The average molecular weight is 274 g/mol. The number of hydrogen-bond acceptors (Lipinski definition) is 2. The zero-order chi connectivity index (χ0) is 14.8. The first-order valence-corrected chi connectivity index (χ1v) is 7.04. The minimum Gasteiger partial charge on any atom is -0.347 e. The van der Waals surface area contributed by atoms with Crippen LogP contribution in [0, 0.1) is 6.92 Å². The van der Waals surface area contributed by atoms with Gasteiger partial charge < -0.3 is 10.2 Å². The number of likely N-dealkylation sites (tertiary alicyclic amines) is 1. The Morgan fingerprint density at radius 2 is 1.85 bits per heavy atom. The van der Waals surface area contributed by atoms with Crippen LogP contribution in [0.1, 0.15) is 37.8 Å². The molecule has 4 heteroatoms. The van der Waals surface area contributed by atoms with Gasteiger partial charge in [-0.1, -0.05) is 29.8 Å². The summed E-state index contributed by atoms with van der Waals surface area (Å²) in [6, 6.07) is 8.26. The SMILES string of the molecule is CC(=O)NC1(c2cccc(C)c2)CCN(C(C)=O)CC1. The number of amides is 2. The highest BCUT2D eigenvalue weighted by atomic mass is 16.2. The molecule has 108 valence electrons. The Morgan fingerprint density at radius 3 is 2.35 bits per heavy atom. The van der Waals surface area contributed by atoms with Gasteiger partial charge in [0.05, 0.1) is 5.54 Å². The molecule has 2 amide bonds. The van der Waals surface area contributed by atoms with Gasteiger partial charge in [0.1, 0.15) is 0 Å². The summed E-state index contributed by atoms with van der Waals surface area (Å²) in [5, 5.41) is 3.12. The van der Waals surface area contributed by atoms with Gasteiger partial charge in [-0.2, -0.15) is 0 Å². The van der Waals surface area contributed by atoms with Gasteiger partial charge in [0.2, 0.25) is 11.8 Å². The molecule has 20 heavy (non-hydrogen) atoms. The van der Waals surface area contributed by atoms with Gasteiger partial charge in [-0.3, -0.25) is 9.59 Å². The molecule has 1 aliphatic heterocycles. The van der Waals surface area contributed by atoms with Gasteiger partial charge in [0, 0.05) is 26.9 Å². The molecule has 0 spiro atoms. The molecule has 0 atom stereocenters. The molecule has 1 saturated heterocycles. The first-order valence-electron chi connectivity index (χ1n) is 7.04. The van der Waals surface area contributed by atoms with E-state index in [-0.39, 0.29) is 17.4 Å². The predicted octanol–water partition coefficient (Wildman–Crippen LogP) is 1.97. The summed E-state index contributed by atoms with van der Waals surface area (Å²) in [5.74, 6) is 0.0773. The minimum atomic E-state index is -0.343. The molecule has 0 aromatic heterocycles. The van der Waals surface area contributed by atoms with Crippen molar-refractivity contribution in [1.82, 2.24) is 10.2 Å². The van der Waals surface area contributed by atoms with Crippen LogP contribution >= 0.6 is 0 Å². The first kappa shape index (κ1) is 14.6. The third kappa shape index (κ3) is 3.00. The lowest BCUT2D eigenvalue weighted by Crippen LogP contribution is -2.53. The molecule has 1 fully saturated rings. The summed E-state index contributed by atoms with van der Waals surface area (Å²) >= 11 is 0. The highest BCUT2D eigenvalue weighted by Gasteiger charge is 2.37. The van der Waals surface area contributed by atoms with E-state index in [1.165, 1.54) is 5.56 Å². The lowest BCUT2D eigenvalue weighted by Gasteiger charge is -2.42. The maximum Gasteiger partial charge on any atom is 0.219 e. The van der Waals surface area contributed by atoms with E-state index in [9.17, 15) is 9.59 Å². The number of carbonyl (C=O) groups excluding carboxylic acids is 2. The third-order valence-electron chi connectivity index (χ3n) is 4.05. The fourth-order valence-corrected chi connectivity index (χ4v) is 2.97. The molecule has 1 aliphatic rings. The highest BCUT2D eigenvalue weighted by molar-refractivity contribution is 5.75. The summed E-state index contributed by atoms with van der Waals surface area (Å²) in [4.78, 5) is 24.9. The largest absolute Gasteiger partial charge is 0.347 e. The molecule has 0 aliphatic carbocycles. The standard InChI is InChI=1S/C16H22N2O2/c1-12-5-4-6-15(11-12)16(17-13(2)19)7-9-18(10-8-16)14(3)20/h4-6,11H,7-10H2,1-3H3,(H,17,19). The molecule has 0 saturated carbocycles. The normalized spacial score (nSPS) is 17.6. The summed E-state index contributed by atoms with van der Waals surface area (Å²) < 4.78 is 0. The van der Waals surface area contributed by atoms with E-state index < -0.39 is 0 Å². The fraction of sp³-hybridized carbons (Fsp3) is 0.500. The zero-order valence-corrected chi connectivity index (χ0v) is 12.4. The molecule has 1 heterocycles. The Kier molecular flexibility index (Phi) is 4.12. The van der Waals surface area contributed by atoms with E-state index in [1.807, 2.05) is 11.0 Å². The van der Waals surface area contributed by atoms with Gasteiger partial charge in [-0.25, -0.2) is 0 Å². The van der Waals surface area contributed by atoms with Crippen LogP contribution in [0.15, 0.2) is 24.3 Å². The van der Waals surface area contributed by atoms with Crippen molar-refractivity contribution >= 4 is 11.8 Å². The van der Waals surface area contributed by atoms with Gasteiger partial charge >= 0.3 is 0 Å². The van der Waals surface area contributed by atoms with Crippen LogP contribution in [0.25, 0.3) is 0 Å². The second-order valence-electron chi connectivity index (χ2n) is 5.64. The summed E-state index contributed by atoms with van der Waals surface area (Å²) in [6.45, 7) is 6.57. The smallest absolute Gasteiger partial charge is 0.219 e. The monoisotopic (exact) mass is 274 g/mol. The van der Waals surface area contributed by atoms with E-state index in [2.05, 4.69) is 30.4 Å². The van der Waals surface area contributed by atoms with Crippen molar-refractivity contribution in [3.8, 4) is 0 Å². The summed E-state index contributed by atoms with van der Waals surface area (Å²) in [7, 11) is 0. The lowest BCUT2D eigenvalue weighted by molar-refractivity contribution is -0.131. The van der Waals surface area contributed by atoms with E-state index >= 15 is 0 Å². The Labute approximate surface area is 120 Å². The number of piperidine rings is 1. The highest BCUT2D eigenvalue weighted by Crippen LogP contribution is 2.33. The van der Waals surface area contributed by atoms with Crippen molar-refractivity contribution in [1.29, 1.82) is 0 Å². The first-order chi connectivity index (χ1) is 9.43. The minimum absolute atomic E-state index is 0.0252. The number of aryl methyl sites for hydroxylation is 1. The molecular formula is C16H22N2O2. The van der Waals surface area contributed by atoms with Crippen molar-refractivity contribution < 1.29 is 9.59 Å². The van der Waals surface area contributed by atoms with Crippen molar-refractivity contribution in [2.45, 2.75) is 39.2 Å². The van der Waals surface area contributed by atoms with E-state index in [4.69, 9.17) is 0 Å². The number of nitrogens with zero attached hydrogens (tertiary/aromatic N) is 1. The number of nitrogens with one attached hydrogen (secondary N) is 1. The predicted molar refractivity (Wildman–Crippen MR) is 78.2 cm³/mol. The van der Waals surface area contributed by atoms with Crippen LogP contribution < -0.4 is 5.32 Å². The van der Waals surface area contributed by atoms with Crippen LogP contribution in [-0.2, 0) is 15.1 Å². The van der Waals surface area contributed by atoms with Gasteiger partial charge in [-0.15, -0.1) is 0 Å². The summed E-state index contributed by atoms with van der Waals surface area (Å²) in [5.41, 5.74) is 1.97. The molecule has 0 bridgehead atoms. The number of benzene rings is 1. The van der Waals surface area contributed by atoms with Crippen LogP contribution in [0.2, 0.25) is 0 Å². The Balaban J connectivity index is 2.28. The van der Waals surface area contributed by atoms with Crippen molar-refractivity contribution in [2.75, 3.05) is 13.1 Å². The topological polar surface area (TPSA) is 49.4 Å². The van der Waals surface area contributed by atoms with Crippen LogP contribution in [-0.4, -0.2) is 29.8 Å². The molecule has 2 rings (SSSR count). The van der Waals surface area contributed by atoms with E-state index in [0.717, 1.165) is 18.4 Å². The Bertz CT molecular complexity index is 517. The fourth-order valence-electron chi connectivity index (χ4n) is 2.97. The Hall–Kier alpha value is -1.84. The molecule has 1 aromatic carbocycles. The Morgan fingerprint density at radius 1 is 1.20 bits per heavy atom. The second kappa shape index (κ2) is 5.65. The quantitative estimate of drug-likeness (QED) is 0.896. The van der Waals surface area contributed by atoms with E-state index in [0.29, 0.717) is 13.1 Å². The molecule has 1 N–H and O–H groups in total. The number of hydrogen-bond donors (Lipinski definition) is 1. The van der Waals surface area contributed by atoms with Gasteiger partial charge in [-0.05, 0) is 25.3 Å². The third-order valence-corrected chi connectivity index (χ3v) is 4.05. The average Bonchev–Trinajstić information content (AvgIpc) is 2.38. The van der Waals surface area contributed by atoms with Crippen molar-refractivity contribution in [2.24, 2.45) is 0 Å². The molecular weight excluding hydrogens is 252 g/mol. The lowest BCUT2D eigenvalue weighted by atomic mass is 9.80. The number of rotatable bonds is 2. The maximum absolute atomic E-state index is 11.6. The molecule has 1 aromatic rings. The number of carbonyl (C=O) groups is 2.